The molecule has 42 heavy (non-hydrogen) atoms. The first-order valence-electron chi connectivity index (χ1n) is 14.9. The maximum absolute atomic E-state index is 14.7. The molecular formula is C32H35FN6O3. The van der Waals surface area contributed by atoms with E-state index in [0.29, 0.717) is 58.6 Å². The molecule has 1 N–H and O–H groups in total. The van der Waals surface area contributed by atoms with Gasteiger partial charge in [-0.1, -0.05) is 0 Å². The van der Waals surface area contributed by atoms with Crippen molar-refractivity contribution in [2.45, 2.75) is 53.2 Å². The third kappa shape index (κ3) is 3.47. The molecule has 4 fully saturated rings. The van der Waals surface area contributed by atoms with Gasteiger partial charge >= 0.3 is 5.97 Å². The molecule has 218 valence electrons. The van der Waals surface area contributed by atoms with Crippen LogP contribution in [0.1, 0.15) is 50.2 Å². The zero-order valence-electron chi connectivity index (χ0n) is 24.5. The molecule has 3 aromatic heterocycles. The van der Waals surface area contributed by atoms with Gasteiger partial charge in [0.1, 0.15) is 11.1 Å². The Kier molecular flexibility index (Phi) is 5.10. The SMILES string of the molecule is CCn1cc2c(N3C[C@H]4CC5(C(=O)OC(C)(C)C)C4C4C5[C@H]4C3)ccc(C(=O)Nc3cc(F)c4nc(C)cn4c3)c2n1. The number of hydrogen-bond donors (Lipinski definition) is 1. The summed E-state index contributed by atoms with van der Waals surface area (Å²) >= 11 is 0. The van der Waals surface area contributed by atoms with Gasteiger partial charge in [0.2, 0.25) is 0 Å². The normalized spacial score (nSPS) is 29.0. The largest absolute Gasteiger partial charge is 0.460 e. The number of aromatic nitrogens is 4. The predicted molar refractivity (Wildman–Crippen MR) is 156 cm³/mol. The molecule has 3 aliphatic carbocycles. The zero-order valence-corrected chi connectivity index (χ0v) is 24.5. The summed E-state index contributed by atoms with van der Waals surface area (Å²) in [5, 5.41) is 8.57. The van der Waals surface area contributed by atoms with Crippen molar-refractivity contribution in [2.75, 3.05) is 23.3 Å². The standard InChI is InChI=1S/C32H35FN6O3/c1-6-39-15-20-23(37-12-17-10-32(30(41)42-31(3,4)5)25(17)24-21(14-37)26(24)32)8-7-19(27(20)36-39)29(40)35-18-9-22(33)28-34-16(2)11-38(28)13-18/h7-9,11,13,15,17,21,24-26H,6,10,12,14H2,1-5H3,(H,35,40)/t17-,21+,24?,25?,26?,32?/m1/s1. The molecule has 1 aliphatic heterocycles. The highest BCUT2D eigenvalue weighted by atomic mass is 19.1. The monoisotopic (exact) mass is 570 g/mol. The molecule has 6 atom stereocenters. The summed E-state index contributed by atoms with van der Waals surface area (Å²) in [6, 6.07) is 5.15. The quantitative estimate of drug-likeness (QED) is 0.337. The second kappa shape index (κ2) is 8.33. The number of pyridine rings is 1. The molecule has 0 spiro atoms. The molecule has 9 nitrogen and oxygen atoms in total. The number of amides is 1. The summed E-state index contributed by atoms with van der Waals surface area (Å²) in [6.07, 6.45) is 6.30. The maximum Gasteiger partial charge on any atom is 0.313 e. The molecule has 4 unspecified atom stereocenters. The van der Waals surface area contributed by atoms with Crippen LogP contribution in [0.25, 0.3) is 16.6 Å². The number of ether oxygens (including phenoxy) is 1. The lowest BCUT2D eigenvalue weighted by molar-refractivity contribution is -0.211. The summed E-state index contributed by atoms with van der Waals surface area (Å²) in [6.45, 7) is 12.1. The van der Waals surface area contributed by atoms with E-state index in [9.17, 15) is 14.0 Å². The van der Waals surface area contributed by atoms with Gasteiger partial charge in [0.15, 0.2) is 11.5 Å². The first-order chi connectivity index (χ1) is 20.0. The van der Waals surface area contributed by atoms with E-state index in [1.807, 2.05) is 50.7 Å². The van der Waals surface area contributed by atoms with Gasteiger partial charge in [-0.15, -0.1) is 0 Å². The number of nitrogens with zero attached hydrogens (tertiary/aromatic N) is 5. The van der Waals surface area contributed by atoms with Crippen LogP contribution < -0.4 is 10.2 Å². The van der Waals surface area contributed by atoms with Gasteiger partial charge in [-0.05, 0) is 82.8 Å². The molecule has 0 bridgehead atoms. The van der Waals surface area contributed by atoms with Crippen molar-refractivity contribution in [1.29, 1.82) is 0 Å². The topological polar surface area (TPSA) is 93.8 Å². The predicted octanol–water partition coefficient (Wildman–Crippen LogP) is 5.06. The smallest absolute Gasteiger partial charge is 0.313 e. The van der Waals surface area contributed by atoms with Crippen molar-refractivity contribution in [3.63, 3.8) is 0 Å². The summed E-state index contributed by atoms with van der Waals surface area (Å²) in [4.78, 5) is 33.4. The van der Waals surface area contributed by atoms with Gasteiger partial charge in [0.25, 0.3) is 5.91 Å². The van der Waals surface area contributed by atoms with Gasteiger partial charge in [0, 0.05) is 55.4 Å². The van der Waals surface area contributed by atoms with Crippen LogP contribution in [-0.4, -0.2) is 49.7 Å². The van der Waals surface area contributed by atoms with Crippen molar-refractivity contribution < 1.29 is 18.7 Å². The Morgan fingerprint density at radius 1 is 1.17 bits per heavy atom. The van der Waals surface area contributed by atoms with E-state index in [1.165, 1.54) is 6.07 Å². The van der Waals surface area contributed by atoms with E-state index in [-0.39, 0.29) is 22.9 Å². The van der Waals surface area contributed by atoms with E-state index in [2.05, 4.69) is 15.2 Å². The van der Waals surface area contributed by atoms with Crippen LogP contribution in [0.5, 0.6) is 0 Å². The number of carbonyl (C=O) groups is 2. The van der Waals surface area contributed by atoms with Crippen LogP contribution in [0.4, 0.5) is 15.8 Å². The summed E-state index contributed by atoms with van der Waals surface area (Å²) in [5.41, 5.74) is 2.68. The van der Waals surface area contributed by atoms with Crippen LogP contribution in [0.2, 0.25) is 0 Å². The molecule has 8 rings (SSSR count). The Labute approximate surface area is 243 Å². The Morgan fingerprint density at radius 3 is 2.74 bits per heavy atom. The number of anilines is 2. The van der Waals surface area contributed by atoms with Crippen LogP contribution in [0.3, 0.4) is 0 Å². The van der Waals surface area contributed by atoms with Crippen molar-refractivity contribution in [1.82, 2.24) is 19.2 Å². The number of halogens is 1. The first kappa shape index (κ1) is 25.7. The Bertz CT molecular complexity index is 1820. The zero-order chi connectivity index (χ0) is 29.3. The van der Waals surface area contributed by atoms with Gasteiger partial charge in [-0.2, -0.15) is 5.10 Å². The number of imidazole rings is 1. The van der Waals surface area contributed by atoms with E-state index >= 15 is 0 Å². The first-order valence-corrected chi connectivity index (χ1v) is 14.9. The lowest BCUT2D eigenvalue weighted by atomic mass is 9.42. The van der Waals surface area contributed by atoms with Gasteiger partial charge in [0.05, 0.1) is 22.4 Å². The van der Waals surface area contributed by atoms with Crippen molar-refractivity contribution in [3.05, 3.63) is 53.9 Å². The molecule has 4 aliphatic rings. The molecule has 3 saturated carbocycles. The van der Waals surface area contributed by atoms with Crippen molar-refractivity contribution in [2.24, 2.45) is 35.0 Å². The van der Waals surface area contributed by atoms with E-state index in [4.69, 9.17) is 9.84 Å². The third-order valence-electron chi connectivity index (χ3n) is 10.1. The van der Waals surface area contributed by atoms with Gasteiger partial charge < -0.3 is 19.4 Å². The summed E-state index contributed by atoms with van der Waals surface area (Å²) in [7, 11) is 0. The molecule has 4 heterocycles. The number of benzene rings is 1. The average Bonchev–Trinajstić information content (AvgIpc) is 3.18. The number of carbonyl (C=O) groups excluding carboxylic acids is 2. The molecule has 1 aromatic carbocycles. The Balaban J connectivity index is 1.08. The second-order valence-corrected chi connectivity index (χ2v) is 13.7. The number of hydrogen-bond acceptors (Lipinski definition) is 6. The highest BCUT2D eigenvalue weighted by Gasteiger charge is 2.87. The summed E-state index contributed by atoms with van der Waals surface area (Å²) < 4.78 is 24.0. The highest BCUT2D eigenvalue weighted by Crippen LogP contribution is 2.85. The third-order valence-corrected chi connectivity index (χ3v) is 10.1. The Morgan fingerprint density at radius 2 is 1.98 bits per heavy atom. The fourth-order valence-corrected chi connectivity index (χ4v) is 8.63. The van der Waals surface area contributed by atoms with E-state index in [1.54, 1.807) is 23.7 Å². The molecular weight excluding hydrogens is 535 g/mol. The summed E-state index contributed by atoms with van der Waals surface area (Å²) in [5.74, 6) is 1.59. The van der Waals surface area contributed by atoms with Gasteiger partial charge in [-0.25, -0.2) is 9.37 Å². The van der Waals surface area contributed by atoms with Gasteiger partial charge in [-0.3, -0.25) is 14.3 Å². The molecule has 1 amide bonds. The number of fused-ring (bicyclic) bond motifs is 4. The van der Waals surface area contributed by atoms with Crippen LogP contribution in [-0.2, 0) is 16.1 Å². The number of aryl methyl sites for hydroxylation is 2. The average molecular weight is 571 g/mol. The minimum absolute atomic E-state index is 0.0117. The van der Waals surface area contributed by atoms with Crippen molar-refractivity contribution in [3.8, 4) is 0 Å². The second-order valence-electron chi connectivity index (χ2n) is 13.7. The number of rotatable bonds is 5. The minimum atomic E-state index is -0.499. The fourth-order valence-electron chi connectivity index (χ4n) is 8.63. The number of esters is 1. The van der Waals surface area contributed by atoms with Crippen LogP contribution in [0, 0.1) is 47.7 Å². The maximum atomic E-state index is 14.7. The molecule has 0 radical (unpaired) electrons. The van der Waals surface area contributed by atoms with Crippen LogP contribution >= 0.6 is 0 Å². The molecule has 4 aromatic rings. The molecule has 10 heteroatoms. The lowest BCUT2D eigenvalue weighted by Crippen LogP contribution is -2.65. The number of nitrogens with one attached hydrogen (secondary N) is 1. The lowest BCUT2D eigenvalue weighted by Gasteiger charge is -2.62. The van der Waals surface area contributed by atoms with E-state index in [0.717, 1.165) is 30.6 Å². The minimum Gasteiger partial charge on any atom is -0.460 e. The fraction of sp³-hybridized carbons (Fsp3) is 0.500. The Hall–Kier alpha value is -3.95. The van der Waals surface area contributed by atoms with Crippen molar-refractivity contribution >= 4 is 39.8 Å². The van der Waals surface area contributed by atoms with E-state index < -0.39 is 11.4 Å². The highest BCUT2D eigenvalue weighted by molar-refractivity contribution is 6.14. The molecule has 1 saturated heterocycles. The van der Waals surface area contributed by atoms with Crippen LogP contribution in [0.15, 0.2) is 36.8 Å².